The molecular weight excluding hydrogens is 440 g/mol. The van der Waals surface area contributed by atoms with Crippen LogP contribution in [0.5, 0.6) is 0 Å². The van der Waals surface area contributed by atoms with Gasteiger partial charge < -0.3 is 10.0 Å². The van der Waals surface area contributed by atoms with Crippen LogP contribution in [0.1, 0.15) is 55.8 Å². The topological polar surface area (TPSA) is 77.9 Å². The highest BCUT2D eigenvalue weighted by atomic mass is 35.5. The van der Waals surface area contributed by atoms with Crippen molar-refractivity contribution in [1.29, 1.82) is 0 Å². The van der Waals surface area contributed by atoms with E-state index in [2.05, 4.69) is 0 Å². The van der Waals surface area contributed by atoms with Crippen molar-refractivity contribution in [1.82, 2.24) is 9.80 Å². The SMILES string of the molecule is CN(C[C@H](O)c1ccccc1)C(=O)C[C@]1(c2ccccc2Cl)CC(=O)N(C2CCCC2)C1=O. The van der Waals surface area contributed by atoms with Gasteiger partial charge in [-0.05, 0) is 30.0 Å². The fourth-order valence-electron chi connectivity index (χ4n) is 5.12. The number of likely N-dealkylation sites (tertiary alicyclic amines) is 1. The van der Waals surface area contributed by atoms with E-state index in [1.165, 1.54) is 9.80 Å². The summed E-state index contributed by atoms with van der Waals surface area (Å²) < 4.78 is 0. The molecule has 1 heterocycles. The van der Waals surface area contributed by atoms with Gasteiger partial charge in [0.1, 0.15) is 0 Å². The molecule has 1 saturated heterocycles. The Bertz CT molecular complexity index is 1040. The van der Waals surface area contributed by atoms with Crippen molar-refractivity contribution in [2.45, 2.75) is 56.1 Å². The lowest BCUT2D eigenvalue weighted by Gasteiger charge is -2.31. The molecule has 0 spiro atoms. The van der Waals surface area contributed by atoms with Crippen LogP contribution in [0.4, 0.5) is 0 Å². The lowest BCUT2D eigenvalue weighted by molar-refractivity contribution is -0.144. The van der Waals surface area contributed by atoms with Gasteiger partial charge in [-0.1, -0.05) is 73.0 Å². The zero-order valence-electron chi connectivity index (χ0n) is 18.7. The van der Waals surface area contributed by atoms with E-state index in [1.807, 2.05) is 18.2 Å². The number of nitrogens with zero attached hydrogens (tertiary/aromatic N) is 2. The Balaban J connectivity index is 1.61. The van der Waals surface area contributed by atoms with Gasteiger partial charge in [0, 0.05) is 31.0 Å². The minimum Gasteiger partial charge on any atom is -0.387 e. The Morgan fingerprint density at radius 1 is 1.12 bits per heavy atom. The predicted molar refractivity (Wildman–Crippen MR) is 126 cm³/mol. The fraction of sp³-hybridized carbons (Fsp3) is 0.423. The number of hydrogen-bond acceptors (Lipinski definition) is 4. The number of halogens is 1. The summed E-state index contributed by atoms with van der Waals surface area (Å²) >= 11 is 6.49. The molecule has 1 N–H and O–H groups in total. The maximum Gasteiger partial charge on any atom is 0.241 e. The van der Waals surface area contributed by atoms with Gasteiger partial charge in [-0.25, -0.2) is 0 Å². The third-order valence-electron chi connectivity index (χ3n) is 6.94. The van der Waals surface area contributed by atoms with Gasteiger partial charge in [-0.2, -0.15) is 0 Å². The van der Waals surface area contributed by atoms with E-state index in [0.29, 0.717) is 16.1 Å². The number of benzene rings is 2. The Morgan fingerprint density at radius 3 is 2.42 bits per heavy atom. The summed E-state index contributed by atoms with van der Waals surface area (Å²) in [5.41, 5.74) is -0.116. The fourth-order valence-corrected chi connectivity index (χ4v) is 5.44. The summed E-state index contributed by atoms with van der Waals surface area (Å²) in [6.07, 6.45) is 2.46. The highest BCUT2D eigenvalue weighted by Gasteiger charge is 2.56. The second-order valence-corrected chi connectivity index (χ2v) is 9.53. The number of amides is 3. The number of likely N-dealkylation sites (N-methyl/N-ethyl adjacent to an activating group) is 1. The Labute approximate surface area is 199 Å². The molecule has 6 nitrogen and oxygen atoms in total. The number of aliphatic hydroxyl groups is 1. The minimum atomic E-state index is -1.33. The van der Waals surface area contributed by atoms with E-state index in [4.69, 9.17) is 11.6 Å². The van der Waals surface area contributed by atoms with E-state index in [-0.39, 0.29) is 43.1 Å². The quantitative estimate of drug-likeness (QED) is 0.626. The van der Waals surface area contributed by atoms with Gasteiger partial charge in [-0.3, -0.25) is 19.3 Å². The van der Waals surface area contributed by atoms with Gasteiger partial charge >= 0.3 is 0 Å². The van der Waals surface area contributed by atoms with E-state index < -0.39 is 11.5 Å². The Hall–Kier alpha value is -2.70. The van der Waals surface area contributed by atoms with Crippen LogP contribution in [0, 0.1) is 0 Å². The van der Waals surface area contributed by atoms with Crippen LogP contribution >= 0.6 is 11.6 Å². The molecule has 1 saturated carbocycles. The normalized spacial score (nSPS) is 22.1. The molecule has 2 fully saturated rings. The van der Waals surface area contributed by atoms with Gasteiger partial charge in [-0.15, -0.1) is 0 Å². The first kappa shape index (κ1) is 23.5. The lowest BCUT2D eigenvalue weighted by atomic mass is 9.75. The first-order valence-corrected chi connectivity index (χ1v) is 11.8. The number of aliphatic hydroxyl groups excluding tert-OH is 1. The highest BCUT2D eigenvalue weighted by molar-refractivity contribution is 6.32. The van der Waals surface area contributed by atoms with Gasteiger partial charge in [0.05, 0.1) is 18.1 Å². The highest BCUT2D eigenvalue weighted by Crippen LogP contribution is 2.45. The van der Waals surface area contributed by atoms with Crippen molar-refractivity contribution in [2.75, 3.05) is 13.6 Å². The van der Waals surface area contributed by atoms with Crippen molar-refractivity contribution in [3.8, 4) is 0 Å². The van der Waals surface area contributed by atoms with Crippen molar-refractivity contribution in [2.24, 2.45) is 0 Å². The second kappa shape index (κ2) is 9.65. The van der Waals surface area contributed by atoms with Crippen molar-refractivity contribution in [3.63, 3.8) is 0 Å². The average molecular weight is 469 g/mol. The molecule has 3 amide bonds. The first-order chi connectivity index (χ1) is 15.8. The van der Waals surface area contributed by atoms with E-state index in [1.54, 1.807) is 43.4 Å². The number of rotatable bonds is 7. The van der Waals surface area contributed by atoms with Crippen LogP contribution < -0.4 is 0 Å². The summed E-state index contributed by atoms with van der Waals surface area (Å²) in [5.74, 6) is -0.899. The van der Waals surface area contributed by atoms with Gasteiger partial charge in [0.25, 0.3) is 0 Å². The summed E-state index contributed by atoms with van der Waals surface area (Å²) in [7, 11) is 1.60. The molecule has 4 rings (SSSR count). The van der Waals surface area contributed by atoms with E-state index in [0.717, 1.165) is 25.7 Å². The molecule has 2 aromatic carbocycles. The van der Waals surface area contributed by atoms with Crippen LogP contribution in [-0.4, -0.2) is 52.3 Å². The standard InChI is InChI=1S/C26H29ClN2O4/c1-28(17-22(30)18-9-3-2-4-10-18)23(31)15-26(20-13-7-8-14-21(20)27)16-24(32)29(25(26)33)19-11-5-6-12-19/h2-4,7-10,13-14,19,22,30H,5-6,11-12,15-17H2,1H3/t22-,26+/m0/s1. The zero-order valence-corrected chi connectivity index (χ0v) is 19.5. The van der Waals surface area contributed by atoms with Crippen LogP contribution in [-0.2, 0) is 19.8 Å². The van der Waals surface area contributed by atoms with Crippen LogP contribution in [0.15, 0.2) is 54.6 Å². The molecule has 174 valence electrons. The molecule has 7 heteroatoms. The molecule has 1 aliphatic heterocycles. The third kappa shape index (κ3) is 4.55. The zero-order chi connectivity index (χ0) is 23.6. The third-order valence-corrected chi connectivity index (χ3v) is 7.27. The molecular formula is C26H29ClN2O4. The largest absolute Gasteiger partial charge is 0.387 e. The van der Waals surface area contributed by atoms with Crippen molar-refractivity contribution >= 4 is 29.3 Å². The summed E-state index contributed by atoms with van der Waals surface area (Å²) in [5, 5.41) is 10.9. The molecule has 0 bridgehead atoms. The Kier molecular flexibility index (Phi) is 6.86. The number of imide groups is 1. The second-order valence-electron chi connectivity index (χ2n) is 9.12. The summed E-state index contributed by atoms with van der Waals surface area (Å²) in [6, 6.07) is 15.9. The molecule has 0 aromatic heterocycles. The number of carbonyl (C=O) groups excluding carboxylic acids is 3. The molecule has 33 heavy (non-hydrogen) atoms. The molecule has 0 unspecified atom stereocenters. The lowest BCUT2D eigenvalue weighted by Crippen LogP contribution is -2.46. The van der Waals surface area contributed by atoms with Gasteiger partial charge in [0.15, 0.2) is 0 Å². The predicted octanol–water partition coefficient (Wildman–Crippen LogP) is 3.86. The van der Waals surface area contributed by atoms with Crippen molar-refractivity contribution < 1.29 is 19.5 Å². The minimum absolute atomic E-state index is 0.0765. The van der Waals surface area contributed by atoms with Crippen molar-refractivity contribution in [3.05, 3.63) is 70.7 Å². The smallest absolute Gasteiger partial charge is 0.241 e. The summed E-state index contributed by atoms with van der Waals surface area (Å²) in [6.45, 7) is 0.0793. The maximum atomic E-state index is 13.8. The molecule has 0 radical (unpaired) electrons. The molecule has 2 atom stereocenters. The van der Waals surface area contributed by atoms with Crippen LogP contribution in [0.25, 0.3) is 0 Å². The average Bonchev–Trinajstić information content (AvgIpc) is 3.41. The molecule has 1 aliphatic carbocycles. The Morgan fingerprint density at radius 2 is 1.76 bits per heavy atom. The number of hydrogen-bond donors (Lipinski definition) is 1. The molecule has 2 aromatic rings. The maximum absolute atomic E-state index is 13.8. The van der Waals surface area contributed by atoms with Gasteiger partial charge in [0.2, 0.25) is 17.7 Å². The van der Waals surface area contributed by atoms with Crippen LogP contribution in [0.3, 0.4) is 0 Å². The van der Waals surface area contributed by atoms with E-state index in [9.17, 15) is 19.5 Å². The molecule has 2 aliphatic rings. The van der Waals surface area contributed by atoms with Crippen LogP contribution in [0.2, 0.25) is 5.02 Å². The summed E-state index contributed by atoms with van der Waals surface area (Å²) in [4.78, 5) is 43.0. The van der Waals surface area contributed by atoms with E-state index >= 15 is 0 Å². The monoisotopic (exact) mass is 468 g/mol. The first-order valence-electron chi connectivity index (χ1n) is 11.4. The number of carbonyl (C=O) groups is 3.